The third kappa shape index (κ3) is 3.83. The Morgan fingerprint density at radius 1 is 0.538 bits per heavy atom. The molecule has 0 aliphatic rings. The molecule has 0 aliphatic carbocycles. The van der Waals surface area contributed by atoms with E-state index in [1.807, 2.05) is 30.3 Å². The highest BCUT2D eigenvalue weighted by atomic mass is 32.2. The molecule has 3 aromatic carbocycles. The third-order valence-corrected chi connectivity index (χ3v) is 5.52. The van der Waals surface area contributed by atoms with Crippen LogP contribution in [0.25, 0.3) is 22.3 Å². The minimum Gasteiger partial charge on any atom is -0.282 e. The summed E-state index contributed by atoms with van der Waals surface area (Å²) < 4.78 is 64.5. The summed E-state index contributed by atoms with van der Waals surface area (Å²) in [5.74, 6) is 0. The van der Waals surface area contributed by atoms with Crippen LogP contribution in [0.3, 0.4) is 0 Å². The predicted octanol–water partition coefficient (Wildman–Crippen LogP) is 3.51. The van der Waals surface area contributed by atoms with Gasteiger partial charge in [-0.15, -0.1) is 0 Å². The van der Waals surface area contributed by atoms with Crippen LogP contribution in [0.4, 0.5) is 0 Å². The van der Waals surface area contributed by atoms with Crippen molar-refractivity contribution in [3.63, 3.8) is 0 Å². The zero-order chi connectivity index (χ0) is 18.9. The zero-order valence-corrected chi connectivity index (χ0v) is 14.9. The normalized spacial score (nSPS) is 12.1. The van der Waals surface area contributed by atoms with Gasteiger partial charge < -0.3 is 0 Å². The quantitative estimate of drug-likeness (QED) is 0.660. The van der Waals surface area contributed by atoms with Gasteiger partial charge in [0.15, 0.2) is 0 Å². The van der Waals surface area contributed by atoms with E-state index in [0.29, 0.717) is 16.7 Å². The monoisotopic (exact) mass is 390 g/mol. The highest BCUT2D eigenvalue weighted by molar-refractivity contribution is 7.86. The predicted molar refractivity (Wildman–Crippen MR) is 96.9 cm³/mol. The summed E-state index contributed by atoms with van der Waals surface area (Å²) in [6, 6.07) is 18.7. The first-order chi connectivity index (χ1) is 12.2. The van der Waals surface area contributed by atoms with Gasteiger partial charge in [-0.05, 0) is 46.5 Å². The highest BCUT2D eigenvalue weighted by Crippen LogP contribution is 2.34. The Kier molecular flexibility index (Phi) is 4.68. The molecule has 0 radical (unpaired) electrons. The Bertz CT molecular complexity index is 1170. The van der Waals surface area contributed by atoms with Crippen molar-refractivity contribution in [3.05, 3.63) is 72.8 Å². The summed E-state index contributed by atoms with van der Waals surface area (Å²) in [4.78, 5) is -0.629. The van der Waals surface area contributed by atoms with Crippen molar-refractivity contribution in [1.29, 1.82) is 0 Å². The summed E-state index contributed by atoms with van der Waals surface area (Å²) in [6.07, 6.45) is 0. The molecular formula is C18H14O6S2. The van der Waals surface area contributed by atoms with Gasteiger partial charge in [-0.25, -0.2) is 0 Å². The molecule has 0 heterocycles. The van der Waals surface area contributed by atoms with Crippen molar-refractivity contribution in [1.82, 2.24) is 0 Å². The van der Waals surface area contributed by atoms with Gasteiger partial charge in [0, 0.05) is 0 Å². The maximum Gasteiger partial charge on any atom is 0.294 e. The minimum absolute atomic E-state index is 0.314. The molecule has 3 aromatic rings. The number of rotatable bonds is 4. The average Bonchev–Trinajstić information content (AvgIpc) is 2.60. The van der Waals surface area contributed by atoms with E-state index in [0.717, 1.165) is 5.56 Å². The zero-order valence-electron chi connectivity index (χ0n) is 13.3. The molecule has 0 amide bonds. The van der Waals surface area contributed by atoms with Crippen LogP contribution in [-0.2, 0) is 20.2 Å². The smallest absolute Gasteiger partial charge is 0.282 e. The molecule has 26 heavy (non-hydrogen) atoms. The Labute approximate surface area is 151 Å². The highest BCUT2D eigenvalue weighted by Gasteiger charge is 2.17. The second kappa shape index (κ2) is 6.65. The molecule has 2 N–H and O–H groups in total. The molecule has 0 aliphatic heterocycles. The second-order valence-electron chi connectivity index (χ2n) is 5.55. The Morgan fingerprint density at radius 3 is 1.73 bits per heavy atom. The van der Waals surface area contributed by atoms with E-state index >= 15 is 0 Å². The van der Waals surface area contributed by atoms with Gasteiger partial charge in [-0.2, -0.15) is 16.8 Å². The van der Waals surface area contributed by atoms with Gasteiger partial charge in [0.2, 0.25) is 0 Å². The van der Waals surface area contributed by atoms with Gasteiger partial charge >= 0.3 is 0 Å². The first-order valence-corrected chi connectivity index (χ1v) is 10.3. The average molecular weight is 390 g/mol. The Balaban J connectivity index is 2.31. The molecule has 134 valence electrons. The van der Waals surface area contributed by atoms with Crippen molar-refractivity contribution in [2.45, 2.75) is 9.79 Å². The van der Waals surface area contributed by atoms with E-state index in [1.165, 1.54) is 36.4 Å². The van der Waals surface area contributed by atoms with Crippen LogP contribution < -0.4 is 0 Å². The van der Waals surface area contributed by atoms with E-state index in [1.54, 1.807) is 6.07 Å². The Hall–Kier alpha value is -2.52. The van der Waals surface area contributed by atoms with Crippen LogP contribution in [0.2, 0.25) is 0 Å². The van der Waals surface area contributed by atoms with Crippen LogP contribution >= 0.6 is 0 Å². The van der Waals surface area contributed by atoms with E-state index in [9.17, 15) is 25.9 Å². The minimum atomic E-state index is -4.44. The topological polar surface area (TPSA) is 109 Å². The summed E-state index contributed by atoms with van der Waals surface area (Å²) in [7, 11) is -8.86. The van der Waals surface area contributed by atoms with Crippen molar-refractivity contribution in [3.8, 4) is 22.3 Å². The van der Waals surface area contributed by atoms with E-state index in [-0.39, 0.29) is 9.79 Å². The SMILES string of the molecule is O=S(=O)(O)c1cccc(-c2cc(S(=O)(=O)O)ccc2-c2ccccc2)c1. The van der Waals surface area contributed by atoms with Gasteiger partial charge in [0.05, 0.1) is 9.79 Å². The maximum atomic E-state index is 11.5. The second-order valence-corrected chi connectivity index (χ2v) is 8.39. The van der Waals surface area contributed by atoms with Gasteiger partial charge in [-0.1, -0.05) is 48.5 Å². The van der Waals surface area contributed by atoms with Crippen LogP contribution in [0, 0.1) is 0 Å². The molecule has 0 saturated carbocycles. The van der Waals surface area contributed by atoms with Crippen LogP contribution in [0.1, 0.15) is 0 Å². The summed E-state index contributed by atoms with van der Waals surface area (Å²) >= 11 is 0. The first kappa shape index (κ1) is 18.3. The molecule has 0 bridgehead atoms. The van der Waals surface area contributed by atoms with Gasteiger partial charge in [-0.3, -0.25) is 9.11 Å². The molecular weight excluding hydrogens is 376 g/mol. The fraction of sp³-hybridized carbons (Fsp3) is 0. The molecule has 0 aromatic heterocycles. The molecule has 0 unspecified atom stereocenters. The van der Waals surface area contributed by atoms with Crippen LogP contribution in [0.15, 0.2) is 82.6 Å². The standard InChI is InChI=1S/C18H14O6S2/c19-25(20,21)15-8-4-7-14(11-15)18-12-16(26(22,23)24)9-10-17(18)13-5-2-1-3-6-13/h1-12H,(H,19,20,21)(H,22,23,24). The largest absolute Gasteiger partial charge is 0.294 e. The van der Waals surface area contributed by atoms with Gasteiger partial charge in [0.1, 0.15) is 0 Å². The molecule has 0 saturated heterocycles. The maximum absolute atomic E-state index is 11.5. The van der Waals surface area contributed by atoms with Crippen molar-refractivity contribution in [2.75, 3.05) is 0 Å². The summed E-state index contributed by atoms with van der Waals surface area (Å²) in [6.45, 7) is 0. The third-order valence-electron chi connectivity index (χ3n) is 3.82. The van der Waals surface area contributed by atoms with Crippen molar-refractivity contribution in [2.24, 2.45) is 0 Å². The number of hydrogen-bond acceptors (Lipinski definition) is 4. The lowest BCUT2D eigenvalue weighted by Gasteiger charge is -2.12. The lowest BCUT2D eigenvalue weighted by Crippen LogP contribution is -2.00. The van der Waals surface area contributed by atoms with E-state index in [4.69, 9.17) is 0 Å². The molecule has 8 heteroatoms. The molecule has 0 atom stereocenters. The van der Waals surface area contributed by atoms with Gasteiger partial charge in [0.25, 0.3) is 20.2 Å². The Morgan fingerprint density at radius 2 is 1.12 bits per heavy atom. The summed E-state index contributed by atoms with van der Waals surface area (Å²) in [5, 5.41) is 0. The van der Waals surface area contributed by atoms with Crippen LogP contribution in [0.5, 0.6) is 0 Å². The summed E-state index contributed by atoms with van der Waals surface area (Å²) in [5.41, 5.74) is 2.20. The number of benzene rings is 3. The lowest BCUT2D eigenvalue weighted by molar-refractivity contribution is 0.481. The number of hydrogen-bond donors (Lipinski definition) is 2. The molecule has 6 nitrogen and oxygen atoms in total. The fourth-order valence-electron chi connectivity index (χ4n) is 2.62. The molecule has 0 fully saturated rings. The fourth-order valence-corrected chi connectivity index (χ4v) is 3.65. The first-order valence-electron chi connectivity index (χ1n) is 7.41. The van der Waals surface area contributed by atoms with E-state index in [2.05, 4.69) is 0 Å². The van der Waals surface area contributed by atoms with E-state index < -0.39 is 20.2 Å². The van der Waals surface area contributed by atoms with Crippen molar-refractivity contribution < 1.29 is 25.9 Å². The lowest BCUT2D eigenvalue weighted by atomic mass is 9.95. The van der Waals surface area contributed by atoms with Crippen molar-refractivity contribution >= 4 is 20.2 Å². The van der Waals surface area contributed by atoms with Crippen LogP contribution in [-0.4, -0.2) is 25.9 Å². The molecule has 3 rings (SSSR count). The molecule has 0 spiro atoms.